The van der Waals surface area contributed by atoms with Gasteiger partial charge in [-0.15, -0.1) is 10.2 Å². The van der Waals surface area contributed by atoms with Crippen LogP contribution in [0.4, 0.5) is 11.5 Å². The Morgan fingerprint density at radius 2 is 2.22 bits per heavy atom. The largest absolute Gasteiger partial charge is 0.373 e. The third-order valence-corrected chi connectivity index (χ3v) is 3.87. The van der Waals surface area contributed by atoms with E-state index in [0.29, 0.717) is 15.2 Å². The van der Waals surface area contributed by atoms with Crippen molar-refractivity contribution in [3.8, 4) is 0 Å². The molecular weight excluding hydrogens is 274 g/mol. The van der Waals surface area contributed by atoms with Gasteiger partial charge in [0.15, 0.2) is 9.37 Å². The van der Waals surface area contributed by atoms with Gasteiger partial charge < -0.3 is 5.32 Å². The van der Waals surface area contributed by atoms with Crippen molar-refractivity contribution in [2.45, 2.75) is 16.3 Å². The molecule has 2 heterocycles. The summed E-state index contributed by atoms with van der Waals surface area (Å²) >= 11 is 2.52. The van der Waals surface area contributed by atoms with E-state index in [-0.39, 0.29) is 5.69 Å². The summed E-state index contributed by atoms with van der Waals surface area (Å²) in [5, 5.41) is 22.7. The van der Waals surface area contributed by atoms with E-state index in [9.17, 15) is 10.1 Å². The monoisotopic (exact) mass is 283 g/mol. The summed E-state index contributed by atoms with van der Waals surface area (Å²) in [5.41, 5.74) is -0.0353. The van der Waals surface area contributed by atoms with Crippen LogP contribution in [-0.4, -0.2) is 27.2 Å². The lowest BCUT2D eigenvalue weighted by Gasteiger charge is -2.02. The second-order valence-corrected chi connectivity index (χ2v) is 5.63. The maximum absolute atomic E-state index is 10.9. The van der Waals surface area contributed by atoms with Crippen molar-refractivity contribution in [3.05, 3.63) is 27.3 Å². The average Bonchev–Trinajstić information content (AvgIpc) is 2.74. The fourth-order valence-corrected chi connectivity index (χ4v) is 3.01. The normalized spacial score (nSPS) is 10.3. The van der Waals surface area contributed by atoms with E-state index in [2.05, 4.69) is 20.5 Å². The first-order chi connectivity index (χ1) is 8.60. The van der Waals surface area contributed by atoms with Crippen molar-refractivity contribution in [3.63, 3.8) is 0 Å². The van der Waals surface area contributed by atoms with Gasteiger partial charge in [0.2, 0.25) is 0 Å². The zero-order chi connectivity index (χ0) is 13.1. The summed E-state index contributed by atoms with van der Waals surface area (Å²) in [7, 11) is 1.71. The van der Waals surface area contributed by atoms with Crippen LogP contribution in [0.1, 0.15) is 5.01 Å². The summed E-state index contributed by atoms with van der Waals surface area (Å²) in [6.45, 7) is 1.83. The number of nitro groups is 1. The SMILES string of the molecule is CNc1ccc([N+](=O)[O-])c(Sc2nnc(C)s2)n1. The molecule has 2 rings (SSSR count). The fraction of sp³-hybridized carbons (Fsp3) is 0.222. The second kappa shape index (κ2) is 5.27. The Morgan fingerprint density at radius 3 is 2.78 bits per heavy atom. The van der Waals surface area contributed by atoms with Gasteiger partial charge in [-0.1, -0.05) is 11.3 Å². The van der Waals surface area contributed by atoms with Crippen LogP contribution in [0.15, 0.2) is 21.5 Å². The predicted molar refractivity (Wildman–Crippen MR) is 69.2 cm³/mol. The van der Waals surface area contributed by atoms with Gasteiger partial charge in [-0.2, -0.15) is 0 Å². The highest BCUT2D eigenvalue weighted by Gasteiger charge is 2.18. The molecule has 0 unspecified atom stereocenters. The number of nitrogens with zero attached hydrogens (tertiary/aromatic N) is 4. The molecule has 7 nitrogen and oxygen atoms in total. The van der Waals surface area contributed by atoms with Crippen LogP contribution in [-0.2, 0) is 0 Å². The lowest BCUT2D eigenvalue weighted by atomic mass is 10.4. The van der Waals surface area contributed by atoms with Crippen LogP contribution >= 0.6 is 23.1 Å². The van der Waals surface area contributed by atoms with Crippen LogP contribution in [0, 0.1) is 17.0 Å². The van der Waals surface area contributed by atoms with E-state index >= 15 is 0 Å². The molecule has 0 atom stereocenters. The molecule has 0 aliphatic heterocycles. The summed E-state index contributed by atoms with van der Waals surface area (Å²) in [6.07, 6.45) is 0. The van der Waals surface area contributed by atoms with Crippen molar-refractivity contribution < 1.29 is 4.92 Å². The van der Waals surface area contributed by atoms with Crippen molar-refractivity contribution in [2.24, 2.45) is 0 Å². The van der Waals surface area contributed by atoms with E-state index in [4.69, 9.17) is 0 Å². The summed E-state index contributed by atoms with van der Waals surface area (Å²) in [6, 6.07) is 2.99. The molecule has 0 saturated heterocycles. The lowest BCUT2D eigenvalue weighted by Crippen LogP contribution is -1.97. The molecule has 0 fully saturated rings. The van der Waals surface area contributed by atoms with Gasteiger partial charge in [-0.3, -0.25) is 10.1 Å². The van der Waals surface area contributed by atoms with Crippen molar-refractivity contribution in [1.82, 2.24) is 15.2 Å². The Hall–Kier alpha value is -1.74. The highest BCUT2D eigenvalue weighted by molar-refractivity contribution is 8.01. The topological polar surface area (TPSA) is 93.8 Å². The molecule has 1 N–H and O–H groups in total. The smallest absolute Gasteiger partial charge is 0.301 e. The first-order valence-electron chi connectivity index (χ1n) is 4.91. The molecule has 0 aliphatic rings. The number of hydrogen-bond donors (Lipinski definition) is 1. The Morgan fingerprint density at radius 1 is 1.44 bits per heavy atom. The molecule has 0 aliphatic carbocycles. The van der Waals surface area contributed by atoms with Gasteiger partial charge in [0.05, 0.1) is 4.92 Å². The Bertz CT molecular complexity index is 586. The predicted octanol–water partition coefficient (Wildman–Crippen LogP) is 2.34. The number of nitrogens with one attached hydrogen (secondary N) is 1. The summed E-state index contributed by atoms with van der Waals surface area (Å²) in [5.74, 6) is 0.573. The van der Waals surface area contributed by atoms with Crippen LogP contribution in [0.25, 0.3) is 0 Å². The van der Waals surface area contributed by atoms with Gasteiger partial charge >= 0.3 is 5.69 Å². The first-order valence-corrected chi connectivity index (χ1v) is 6.54. The van der Waals surface area contributed by atoms with Crippen LogP contribution in [0.5, 0.6) is 0 Å². The number of hydrogen-bond acceptors (Lipinski definition) is 8. The summed E-state index contributed by atoms with van der Waals surface area (Å²) < 4.78 is 0.636. The highest BCUT2D eigenvalue weighted by Crippen LogP contribution is 2.35. The van der Waals surface area contributed by atoms with Crippen LogP contribution in [0.3, 0.4) is 0 Å². The highest BCUT2D eigenvalue weighted by atomic mass is 32.2. The minimum atomic E-state index is -0.456. The van der Waals surface area contributed by atoms with E-state index in [0.717, 1.165) is 16.8 Å². The van der Waals surface area contributed by atoms with E-state index in [1.807, 2.05) is 6.92 Å². The van der Waals surface area contributed by atoms with Gasteiger partial charge in [0, 0.05) is 13.1 Å². The maximum atomic E-state index is 10.9. The molecule has 9 heteroatoms. The van der Waals surface area contributed by atoms with Crippen LogP contribution in [0.2, 0.25) is 0 Å². The number of aromatic nitrogens is 3. The van der Waals surface area contributed by atoms with E-state index in [1.54, 1.807) is 13.1 Å². The Labute approximate surface area is 111 Å². The van der Waals surface area contributed by atoms with Gasteiger partial charge in [-0.05, 0) is 24.8 Å². The quantitative estimate of drug-likeness (QED) is 0.679. The van der Waals surface area contributed by atoms with Gasteiger partial charge in [-0.25, -0.2) is 4.98 Å². The molecule has 2 aromatic rings. The number of rotatable bonds is 4. The molecular formula is C9H9N5O2S2. The standard InChI is InChI=1S/C9H9N5O2S2/c1-5-12-13-9(17-5)18-8-6(14(15)16)3-4-7(10-2)11-8/h3-4H,1-2H3,(H,10,11). The molecule has 0 bridgehead atoms. The zero-order valence-corrected chi connectivity index (χ0v) is 11.2. The Kier molecular flexibility index (Phi) is 3.72. The lowest BCUT2D eigenvalue weighted by molar-refractivity contribution is -0.388. The maximum Gasteiger partial charge on any atom is 0.301 e. The van der Waals surface area contributed by atoms with Crippen molar-refractivity contribution >= 4 is 34.6 Å². The van der Waals surface area contributed by atoms with Crippen molar-refractivity contribution in [1.29, 1.82) is 0 Å². The molecule has 0 radical (unpaired) electrons. The van der Waals surface area contributed by atoms with E-state index in [1.165, 1.54) is 17.4 Å². The average molecular weight is 283 g/mol. The fourth-order valence-electron chi connectivity index (χ4n) is 1.19. The van der Waals surface area contributed by atoms with Gasteiger partial charge in [0.1, 0.15) is 10.8 Å². The van der Waals surface area contributed by atoms with E-state index < -0.39 is 4.92 Å². The number of aryl methyl sites for hydroxylation is 1. The molecule has 0 amide bonds. The Balaban J connectivity index is 2.37. The minimum absolute atomic E-state index is 0.0353. The number of anilines is 1. The molecule has 18 heavy (non-hydrogen) atoms. The van der Waals surface area contributed by atoms with Crippen molar-refractivity contribution in [2.75, 3.05) is 12.4 Å². The molecule has 2 aromatic heterocycles. The minimum Gasteiger partial charge on any atom is -0.373 e. The molecule has 0 spiro atoms. The molecule has 0 aromatic carbocycles. The number of pyridine rings is 1. The molecule has 94 valence electrons. The van der Waals surface area contributed by atoms with Crippen LogP contribution < -0.4 is 5.32 Å². The zero-order valence-electron chi connectivity index (χ0n) is 9.58. The first kappa shape index (κ1) is 12.7. The molecule has 0 saturated carbocycles. The third-order valence-electron chi connectivity index (χ3n) is 1.98. The third kappa shape index (κ3) is 2.74. The summed E-state index contributed by atoms with van der Waals surface area (Å²) in [4.78, 5) is 14.6. The second-order valence-electron chi connectivity index (χ2n) is 3.22. The van der Waals surface area contributed by atoms with Gasteiger partial charge in [0.25, 0.3) is 0 Å².